The number of para-hydroxylation sites is 1. The molecule has 7 nitrogen and oxygen atoms in total. The average Bonchev–Trinajstić information content (AvgIpc) is 3.23. The number of nitrogens with one attached hydrogen (secondary N) is 1. The summed E-state index contributed by atoms with van der Waals surface area (Å²) in [5.41, 5.74) is -3.20. The maximum absolute atomic E-state index is 14.3. The van der Waals surface area contributed by atoms with Gasteiger partial charge in [0.25, 0.3) is 15.6 Å². The van der Waals surface area contributed by atoms with Gasteiger partial charge in [0.05, 0.1) is 22.7 Å². The van der Waals surface area contributed by atoms with Crippen molar-refractivity contribution in [3.63, 3.8) is 0 Å². The van der Waals surface area contributed by atoms with Crippen molar-refractivity contribution in [2.24, 2.45) is 0 Å². The molecule has 1 unspecified atom stereocenters. The molecule has 3 aromatic carbocycles. The molecular weight excluding hydrogens is 521 g/mol. The summed E-state index contributed by atoms with van der Waals surface area (Å²) < 4.78 is 77.6. The van der Waals surface area contributed by atoms with E-state index in [1.165, 1.54) is 41.8 Å². The van der Waals surface area contributed by atoms with Gasteiger partial charge in [-0.25, -0.2) is 13.2 Å². The van der Waals surface area contributed by atoms with Gasteiger partial charge in [0.1, 0.15) is 0 Å². The Labute approximate surface area is 217 Å². The van der Waals surface area contributed by atoms with Gasteiger partial charge in [-0.2, -0.15) is 13.2 Å². The fraction of sp³-hybridized carbons (Fsp3) is 0.222. The second-order valence-electron chi connectivity index (χ2n) is 8.71. The number of hydrogen-bond acceptors (Lipinski definition) is 5. The molecule has 4 rings (SSSR count). The largest absolute Gasteiger partial charge is 0.463 e. The molecule has 200 valence electrons. The molecule has 1 heterocycles. The van der Waals surface area contributed by atoms with Crippen molar-refractivity contribution in [2.45, 2.75) is 37.1 Å². The van der Waals surface area contributed by atoms with Gasteiger partial charge in [0.15, 0.2) is 0 Å². The summed E-state index contributed by atoms with van der Waals surface area (Å²) >= 11 is 0. The Kier molecular flexibility index (Phi) is 7.26. The van der Waals surface area contributed by atoms with Crippen molar-refractivity contribution in [1.29, 1.82) is 0 Å². The van der Waals surface area contributed by atoms with Crippen LogP contribution in [0.5, 0.6) is 0 Å². The number of ether oxygens (including phenoxy) is 1. The number of carbonyl (C=O) groups is 1. The molecule has 38 heavy (non-hydrogen) atoms. The molecule has 11 heteroatoms. The first-order valence-corrected chi connectivity index (χ1v) is 13.1. The maximum Gasteiger partial charge on any atom is 0.432 e. The van der Waals surface area contributed by atoms with Gasteiger partial charge in [-0.3, -0.25) is 4.72 Å². The Bertz CT molecular complexity index is 1570. The zero-order chi connectivity index (χ0) is 27.7. The summed E-state index contributed by atoms with van der Waals surface area (Å²) in [6.45, 7) is 2.76. The van der Waals surface area contributed by atoms with Crippen molar-refractivity contribution >= 4 is 32.6 Å². The molecule has 0 radical (unpaired) electrons. The van der Waals surface area contributed by atoms with Gasteiger partial charge in [-0.1, -0.05) is 60.2 Å². The maximum atomic E-state index is 14.3. The third kappa shape index (κ3) is 4.99. The summed E-state index contributed by atoms with van der Waals surface area (Å²) in [4.78, 5) is 12.5. The van der Waals surface area contributed by atoms with Crippen LogP contribution in [0.4, 0.5) is 18.9 Å². The van der Waals surface area contributed by atoms with E-state index in [1.54, 1.807) is 49.4 Å². The molecule has 2 N–H and O–H groups in total. The summed E-state index contributed by atoms with van der Waals surface area (Å²) in [6, 6.07) is 18.8. The number of hydrogen-bond donors (Lipinski definition) is 2. The molecule has 1 aromatic heterocycles. The quantitative estimate of drug-likeness (QED) is 0.299. The summed E-state index contributed by atoms with van der Waals surface area (Å²) in [5.74, 6) is -1.88. The number of fused-ring (bicyclic) bond motifs is 1. The highest BCUT2D eigenvalue weighted by Gasteiger charge is 2.63. The lowest BCUT2D eigenvalue weighted by Crippen LogP contribution is -2.50. The predicted molar refractivity (Wildman–Crippen MR) is 136 cm³/mol. The molecular formula is C27H25F3N2O5S. The van der Waals surface area contributed by atoms with E-state index in [4.69, 9.17) is 0 Å². The minimum absolute atomic E-state index is 0.0252. The summed E-state index contributed by atoms with van der Waals surface area (Å²) in [6.07, 6.45) is -4.42. The van der Waals surface area contributed by atoms with Crippen molar-refractivity contribution in [3.8, 4) is 0 Å². The van der Waals surface area contributed by atoms with E-state index >= 15 is 0 Å². The van der Waals surface area contributed by atoms with E-state index in [0.29, 0.717) is 5.56 Å². The number of alkyl halides is 3. The SMILES string of the molecule is CCOC(=O)C(O)(c1cn(Cc2ccccc2)c2c(NS(=O)(=O)c3ccc(C)cc3)cccc12)C(F)(F)F. The second-order valence-corrected chi connectivity index (χ2v) is 10.4. The van der Waals surface area contributed by atoms with E-state index in [9.17, 15) is 31.5 Å². The predicted octanol–water partition coefficient (Wildman–Crippen LogP) is 5.11. The van der Waals surface area contributed by atoms with Crippen molar-refractivity contribution in [3.05, 3.63) is 95.7 Å². The minimum Gasteiger partial charge on any atom is -0.463 e. The van der Waals surface area contributed by atoms with E-state index < -0.39 is 33.3 Å². The van der Waals surface area contributed by atoms with Crippen LogP contribution in [0.2, 0.25) is 0 Å². The molecule has 0 aliphatic rings. The molecule has 0 fully saturated rings. The number of rotatable bonds is 8. The number of halogens is 3. The van der Waals surface area contributed by atoms with Gasteiger partial charge in [-0.15, -0.1) is 0 Å². The highest BCUT2D eigenvalue weighted by Crippen LogP contribution is 2.45. The van der Waals surface area contributed by atoms with Gasteiger partial charge in [0, 0.05) is 23.7 Å². The second kappa shape index (κ2) is 10.1. The number of aryl methyl sites for hydroxylation is 1. The van der Waals surface area contributed by atoms with Gasteiger partial charge in [-0.05, 0) is 37.6 Å². The van der Waals surface area contributed by atoms with Crippen molar-refractivity contribution in [2.75, 3.05) is 11.3 Å². The first kappa shape index (κ1) is 27.2. The standard InChI is InChI=1S/C27H25F3N2O5S/c1-3-37-25(33)26(34,27(28,29)30)22-17-32(16-19-8-5-4-6-9-19)24-21(22)10-7-11-23(24)31-38(35,36)20-14-12-18(2)13-15-20/h4-15,17,31,34H,3,16H2,1-2H3. The molecule has 0 spiro atoms. The van der Waals surface area contributed by atoms with Crippen LogP contribution in [0.15, 0.2) is 83.9 Å². The number of anilines is 1. The first-order chi connectivity index (χ1) is 17.9. The van der Waals surface area contributed by atoms with E-state index in [2.05, 4.69) is 9.46 Å². The third-order valence-corrected chi connectivity index (χ3v) is 7.42. The Morgan fingerprint density at radius 3 is 2.26 bits per heavy atom. The molecule has 0 bridgehead atoms. The molecule has 4 aromatic rings. The zero-order valence-electron chi connectivity index (χ0n) is 20.5. The Morgan fingerprint density at radius 1 is 1.00 bits per heavy atom. The van der Waals surface area contributed by atoms with Gasteiger partial charge < -0.3 is 14.4 Å². The summed E-state index contributed by atoms with van der Waals surface area (Å²) in [5, 5.41) is 10.7. The van der Waals surface area contributed by atoms with Gasteiger partial charge >= 0.3 is 12.1 Å². The Balaban J connectivity index is 1.96. The number of aromatic nitrogens is 1. The van der Waals surface area contributed by atoms with Crippen LogP contribution in [0.1, 0.15) is 23.6 Å². The van der Waals surface area contributed by atoms with E-state index in [0.717, 1.165) is 11.8 Å². The lowest BCUT2D eigenvalue weighted by atomic mass is 9.92. The monoisotopic (exact) mass is 546 g/mol. The van der Waals surface area contributed by atoms with Crippen LogP contribution in [-0.2, 0) is 31.7 Å². The highest BCUT2D eigenvalue weighted by molar-refractivity contribution is 7.92. The number of benzene rings is 3. The molecule has 0 aliphatic carbocycles. The first-order valence-electron chi connectivity index (χ1n) is 11.6. The molecule has 0 saturated carbocycles. The zero-order valence-corrected chi connectivity index (χ0v) is 21.3. The minimum atomic E-state index is -5.43. The smallest absolute Gasteiger partial charge is 0.432 e. The Morgan fingerprint density at radius 2 is 1.66 bits per heavy atom. The number of nitrogens with zero attached hydrogens (tertiary/aromatic N) is 1. The van der Waals surface area contributed by atoms with Crippen LogP contribution < -0.4 is 4.72 Å². The van der Waals surface area contributed by atoms with Crippen LogP contribution >= 0.6 is 0 Å². The normalized spacial score (nSPS) is 13.7. The molecule has 0 aliphatic heterocycles. The van der Waals surface area contributed by atoms with Crippen LogP contribution in [0, 0.1) is 6.92 Å². The fourth-order valence-electron chi connectivity index (χ4n) is 4.17. The average molecular weight is 547 g/mol. The van der Waals surface area contributed by atoms with Crippen molar-refractivity contribution < 1.29 is 36.2 Å². The van der Waals surface area contributed by atoms with E-state index in [1.807, 2.05) is 0 Å². The van der Waals surface area contributed by atoms with E-state index in [-0.39, 0.29) is 34.6 Å². The van der Waals surface area contributed by atoms with Crippen molar-refractivity contribution in [1.82, 2.24) is 4.57 Å². The molecule has 0 saturated heterocycles. The van der Waals surface area contributed by atoms with Gasteiger partial charge in [0.2, 0.25) is 0 Å². The summed E-state index contributed by atoms with van der Waals surface area (Å²) in [7, 11) is -4.13. The molecule has 1 atom stereocenters. The number of sulfonamides is 1. The molecule has 0 amide bonds. The third-order valence-electron chi connectivity index (χ3n) is 6.04. The van der Waals surface area contributed by atoms with Crippen LogP contribution in [-0.4, -0.2) is 36.8 Å². The lowest BCUT2D eigenvalue weighted by Gasteiger charge is -2.27. The van der Waals surface area contributed by atoms with Crippen LogP contribution in [0.3, 0.4) is 0 Å². The van der Waals surface area contributed by atoms with Crippen LogP contribution in [0.25, 0.3) is 10.9 Å². The number of esters is 1. The highest BCUT2D eigenvalue weighted by atomic mass is 32.2. The fourth-order valence-corrected chi connectivity index (χ4v) is 5.24. The number of carbonyl (C=O) groups excluding carboxylic acids is 1. The Hall–Kier alpha value is -3.83. The number of aliphatic hydroxyl groups is 1. The topological polar surface area (TPSA) is 97.6 Å². The lowest BCUT2D eigenvalue weighted by molar-refractivity contribution is -0.267.